The van der Waals surface area contributed by atoms with Gasteiger partial charge in [0.1, 0.15) is 22.3 Å². The standard InChI is InChI=1S/C37H21NO2/c38-22-24-20-33(30-17-9-15-28-26-13-5-7-19-35(26)40-37(28)30)31(23-10-2-1-3-11-23)21-32(24)29-16-8-14-27-25-12-4-6-18-34(25)39-36(27)29/h1-21H. The van der Waals surface area contributed by atoms with Crippen LogP contribution >= 0.6 is 0 Å². The zero-order valence-corrected chi connectivity index (χ0v) is 21.4. The molecule has 0 unspecified atom stereocenters. The van der Waals surface area contributed by atoms with Gasteiger partial charge in [0.25, 0.3) is 0 Å². The minimum atomic E-state index is 0.579. The van der Waals surface area contributed by atoms with Gasteiger partial charge in [-0.2, -0.15) is 5.26 Å². The van der Waals surface area contributed by atoms with E-state index in [0.717, 1.165) is 77.3 Å². The maximum absolute atomic E-state index is 10.4. The van der Waals surface area contributed by atoms with Gasteiger partial charge in [0.15, 0.2) is 0 Å². The summed E-state index contributed by atoms with van der Waals surface area (Å²) in [6, 6.07) is 45.4. The van der Waals surface area contributed by atoms with Crippen LogP contribution in [-0.4, -0.2) is 0 Å². The van der Waals surface area contributed by atoms with E-state index >= 15 is 0 Å². The molecule has 8 aromatic rings. The quantitative estimate of drug-likeness (QED) is 0.237. The topological polar surface area (TPSA) is 50.1 Å². The molecule has 0 saturated carbocycles. The maximum Gasteiger partial charge on any atom is 0.143 e. The Morgan fingerprint density at radius 2 is 0.950 bits per heavy atom. The fourth-order valence-corrected chi connectivity index (χ4v) is 5.91. The Morgan fingerprint density at radius 1 is 0.425 bits per heavy atom. The van der Waals surface area contributed by atoms with Gasteiger partial charge in [0.05, 0.1) is 11.6 Å². The fourth-order valence-electron chi connectivity index (χ4n) is 5.91. The summed E-state index contributed by atoms with van der Waals surface area (Å²) in [7, 11) is 0. The van der Waals surface area contributed by atoms with Crippen molar-refractivity contribution in [1.29, 1.82) is 5.26 Å². The lowest BCUT2D eigenvalue weighted by molar-refractivity contribution is 0.669. The Labute approximate surface area is 230 Å². The van der Waals surface area contributed by atoms with E-state index in [4.69, 9.17) is 8.83 Å². The van der Waals surface area contributed by atoms with Crippen LogP contribution in [0.2, 0.25) is 0 Å². The third-order valence-corrected chi connectivity index (χ3v) is 7.75. The van der Waals surface area contributed by atoms with E-state index in [2.05, 4.69) is 60.7 Å². The van der Waals surface area contributed by atoms with Crippen molar-refractivity contribution in [2.24, 2.45) is 0 Å². The molecule has 186 valence electrons. The van der Waals surface area contributed by atoms with Gasteiger partial charge in [0, 0.05) is 38.2 Å². The molecule has 6 aromatic carbocycles. The fraction of sp³-hybridized carbons (Fsp3) is 0. The number of furan rings is 2. The van der Waals surface area contributed by atoms with Crippen LogP contribution in [0.5, 0.6) is 0 Å². The van der Waals surface area contributed by atoms with E-state index in [0.29, 0.717) is 5.56 Å². The molecule has 0 fully saturated rings. The molecule has 2 heterocycles. The van der Waals surface area contributed by atoms with Gasteiger partial charge in [-0.15, -0.1) is 0 Å². The van der Waals surface area contributed by atoms with Crippen molar-refractivity contribution in [2.45, 2.75) is 0 Å². The molecule has 0 radical (unpaired) electrons. The van der Waals surface area contributed by atoms with Gasteiger partial charge in [0.2, 0.25) is 0 Å². The number of fused-ring (bicyclic) bond motifs is 6. The molecule has 8 rings (SSSR count). The van der Waals surface area contributed by atoms with Crippen LogP contribution in [0.3, 0.4) is 0 Å². The van der Waals surface area contributed by atoms with E-state index in [1.165, 1.54) is 0 Å². The molecular weight excluding hydrogens is 490 g/mol. The van der Waals surface area contributed by atoms with Crippen LogP contribution in [0.4, 0.5) is 0 Å². The Balaban J connectivity index is 1.45. The Hall–Kier alpha value is -5.59. The van der Waals surface area contributed by atoms with Gasteiger partial charge in [-0.05, 0) is 41.0 Å². The first-order valence-electron chi connectivity index (χ1n) is 13.2. The van der Waals surface area contributed by atoms with Gasteiger partial charge in [-0.25, -0.2) is 0 Å². The molecule has 0 bridgehead atoms. The number of para-hydroxylation sites is 4. The molecule has 0 aliphatic rings. The highest BCUT2D eigenvalue weighted by atomic mass is 16.3. The van der Waals surface area contributed by atoms with Crippen LogP contribution in [0, 0.1) is 11.3 Å². The third kappa shape index (κ3) is 3.30. The van der Waals surface area contributed by atoms with Gasteiger partial charge in [-0.1, -0.05) is 103 Å². The Morgan fingerprint density at radius 3 is 1.55 bits per heavy atom. The lowest BCUT2D eigenvalue weighted by Gasteiger charge is -2.15. The summed E-state index contributed by atoms with van der Waals surface area (Å²) in [5.74, 6) is 0. The second-order valence-electron chi connectivity index (χ2n) is 9.98. The SMILES string of the molecule is N#Cc1cc(-c2cccc3c2oc2ccccc23)c(-c2ccccc2)cc1-c1cccc2c1oc1ccccc12. The lowest BCUT2D eigenvalue weighted by Crippen LogP contribution is -1.93. The average molecular weight is 512 g/mol. The minimum absolute atomic E-state index is 0.579. The zero-order valence-electron chi connectivity index (χ0n) is 21.4. The van der Waals surface area contributed by atoms with Gasteiger partial charge in [-0.3, -0.25) is 0 Å². The number of hydrogen-bond donors (Lipinski definition) is 0. The van der Waals surface area contributed by atoms with Crippen molar-refractivity contribution in [3.05, 3.63) is 133 Å². The van der Waals surface area contributed by atoms with Crippen molar-refractivity contribution < 1.29 is 8.83 Å². The maximum atomic E-state index is 10.4. The summed E-state index contributed by atoms with van der Waals surface area (Å²) in [6.45, 7) is 0. The smallest absolute Gasteiger partial charge is 0.143 e. The van der Waals surface area contributed by atoms with Crippen molar-refractivity contribution in [1.82, 2.24) is 0 Å². The van der Waals surface area contributed by atoms with Crippen LogP contribution in [0.25, 0.3) is 77.3 Å². The molecular formula is C37H21NO2. The highest BCUT2D eigenvalue weighted by Gasteiger charge is 2.21. The van der Waals surface area contributed by atoms with Crippen molar-refractivity contribution in [3.63, 3.8) is 0 Å². The largest absolute Gasteiger partial charge is 0.455 e. The molecule has 0 saturated heterocycles. The molecule has 3 heteroatoms. The molecule has 0 spiro atoms. The molecule has 3 nitrogen and oxygen atoms in total. The highest BCUT2D eigenvalue weighted by molar-refractivity contribution is 6.12. The van der Waals surface area contributed by atoms with Crippen LogP contribution in [0.1, 0.15) is 5.56 Å². The van der Waals surface area contributed by atoms with Crippen molar-refractivity contribution in [3.8, 4) is 39.4 Å². The Bertz CT molecular complexity index is 2280. The number of benzene rings is 6. The second-order valence-corrected chi connectivity index (χ2v) is 9.98. The first-order chi connectivity index (χ1) is 19.8. The monoisotopic (exact) mass is 511 g/mol. The molecule has 0 N–H and O–H groups in total. The summed E-state index contributed by atoms with van der Waals surface area (Å²) >= 11 is 0. The summed E-state index contributed by atoms with van der Waals surface area (Å²) in [5, 5.41) is 14.7. The minimum Gasteiger partial charge on any atom is -0.455 e. The van der Waals surface area contributed by atoms with E-state index in [1.54, 1.807) is 0 Å². The molecule has 0 aliphatic carbocycles. The predicted octanol–water partition coefficient (Wildman–Crippen LogP) is 10.4. The van der Waals surface area contributed by atoms with Gasteiger partial charge < -0.3 is 8.83 Å². The molecule has 0 atom stereocenters. The van der Waals surface area contributed by atoms with E-state index in [9.17, 15) is 5.26 Å². The van der Waals surface area contributed by atoms with Crippen LogP contribution in [-0.2, 0) is 0 Å². The normalized spacial score (nSPS) is 11.5. The highest BCUT2D eigenvalue weighted by Crippen LogP contribution is 2.44. The lowest BCUT2D eigenvalue weighted by atomic mass is 9.87. The first kappa shape index (κ1) is 22.4. The summed E-state index contributed by atoms with van der Waals surface area (Å²) in [5.41, 5.74) is 9.59. The molecule has 0 amide bonds. The zero-order chi connectivity index (χ0) is 26.6. The number of rotatable bonds is 3. The van der Waals surface area contributed by atoms with Gasteiger partial charge >= 0.3 is 0 Å². The summed E-state index contributed by atoms with van der Waals surface area (Å²) in [6.07, 6.45) is 0. The average Bonchev–Trinajstić information content (AvgIpc) is 3.59. The van der Waals surface area contributed by atoms with E-state index in [1.807, 2.05) is 72.8 Å². The molecule has 40 heavy (non-hydrogen) atoms. The third-order valence-electron chi connectivity index (χ3n) is 7.75. The Kier molecular flexibility index (Phi) is 4.89. The summed E-state index contributed by atoms with van der Waals surface area (Å²) < 4.78 is 12.8. The number of nitriles is 1. The van der Waals surface area contributed by atoms with Crippen LogP contribution in [0.15, 0.2) is 136 Å². The van der Waals surface area contributed by atoms with Crippen molar-refractivity contribution >= 4 is 43.9 Å². The van der Waals surface area contributed by atoms with E-state index < -0.39 is 0 Å². The number of nitrogens with zero attached hydrogens (tertiary/aromatic N) is 1. The number of hydrogen-bond acceptors (Lipinski definition) is 3. The van der Waals surface area contributed by atoms with E-state index in [-0.39, 0.29) is 0 Å². The predicted molar refractivity (Wildman–Crippen MR) is 162 cm³/mol. The summed E-state index contributed by atoms with van der Waals surface area (Å²) in [4.78, 5) is 0. The van der Waals surface area contributed by atoms with Crippen molar-refractivity contribution in [2.75, 3.05) is 0 Å². The first-order valence-corrected chi connectivity index (χ1v) is 13.2. The second kappa shape index (κ2) is 8.73. The molecule has 0 aliphatic heterocycles. The molecule has 2 aromatic heterocycles. The van der Waals surface area contributed by atoms with Crippen LogP contribution < -0.4 is 0 Å².